The van der Waals surface area contributed by atoms with Crippen LogP contribution in [0.3, 0.4) is 0 Å². The fraction of sp³-hybridized carbons (Fsp3) is 0.259. The lowest BCUT2D eigenvalue weighted by Crippen LogP contribution is -2.61. The van der Waals surface area contributed by atoms with Gasteiger partial charge in [-0.05, 0) is 53.6 Å². The van der Waals surface area contributed by atoms with Crippen LogP contribution < -0.4 is 15.4 Å². The number of anilines is 1. The van der Waals surface area contributed by atoms with Crippen molar-refractivity contribution >= 4 is 62.3 Å². The lowest BCUT2D eigenvalue weighted by atomic mass is 9.93. The van der Waals surface area contributed by atoms with E-state index in [2.05, 4.69) is 10.2 Å². The molecular weight excluding hydrogens is 599 g/mol. The summed E-state index contributed by atoms with van der Waals surface area (Å²) >= 11 is 18.5. The van der Waals surface area contributed by atoms with Gasteiger partial charge < -0.3 is 16.2 Å². The van der Waals surface area contributed by atoms with Crippen LogP contribution in [0.5, 0.6) is 0 Å². The molecule has 0 radical (unpaired) electrons. The fourth-order valence-corrected chi connectivity index (χ4v) is 6.35. The molecule has 0 unspecified atom stereocenters. The summed E-state index contributed by atoms with van der Waals surface area (Å²) in [6.07, 6.45) is 1.08. The van der Waals surface area contributed by atoms with Crippen molar-refractivity contribution in [3.63, 3.8) is 0 Å². The van der Waals surface area contributed by atoms with Crippen LogP contribution in [0, 0.1) is 0 Å². The summed E-state index contributed by atoms with van der Waals surface area (Å²) in [5.74, 6) is -1.66. The number of aliphatic hydroxyl groups is 1. The zero-order chi connectivity index (χ0) is 29.2. The summed E-state index contributed by atoms with van der Waals surface area (Å²) in [5.41, 5.74) is 7.35. The highest BCUT2D eigenvalue weighted by molar-refractivity contribution is 7.92. The topological polar surface area (TPSA) is 133 Å². The van der Waals surface area contributed by atoms with Gasteiger partial charge in [-0.25, -0.2) is 8.42 Å². The molecule has 4 rings (SSSR count). The number of halogens is 3. The van der Waals surface area contributed by atoms with Gasteiger partial charge in [-0.3, -0.25) is 18.8 Å². The van der Waals surface area contributed by atoms with Crippen molar-refractivity contribution in [2.75, 3.05) is 30.3 Å². The van der Waals surface area contributed by atoms with Gasteiger partial charge in [0.25, 0.3) is 5.91 Å². The number of hydrogen-bond donors (Lipinski definition) is 3. The lowest BCUT2D eigenvalue weighted by molar-refractivity contribution is -0.120. The normalized spacial score (nSPS) is 14.9. The SMILES string of the molecule is CS(=O)(=O)N(c1cc(Cl)cc(C(=O)N[C@@H](CO)C(N)=O)c1)C1CN(C(c2ccc(Cl)cc2)c2ccc(Cl)cc2)C1. The third-order valence-electron chi connectivity index (χ3n) is 6.55. The maximum Gasteiger partial charge on any atom is 0.252 e. The molecule has 1 fully saturated rings. The monoisotopic (exact) mass is 624 g/mol. The Morgan fingerprint density at radius 3 is 1.95 bits per heavy atom. The Morgan fingerprint density at radius 2 is 1.50 bits per heavy atom. The van der Waals surface area contributed by atoms with E-state index in [1.54, 1.807) is 24.3 Å². The standard InChI is InChI=1S/C27H27Cl3N4O5S/c1-40(38,39)34(22-11-18(10-21(30)12-22)27(37)32-24(15-35)26(31)36)23-13-33(14-23)25(16-2-6-19(28)7-3-16)17-4-8-20(29)9-5-17/h2-12,23-25,35H,13-15H2,1H3,(H2,31,36)(H,32,37)/t24-/m0/s1. The van der Waals surface area contributed by atoms with Crippen LogP contribution >= 0.6 is 34.8 Å². The predicted octanol–water partition coefficient (Wildman–Crippen LogP) is 3.46. The minimum absolute atomic E-state index is 0.00670. The van der Waals surface area contributed by atoms with Crippen LogP contribution in [0.15, 0.2) is 66.7 Å². The number of nitrogens with zero attached hydrogens (tertiary/aromatic N) is 2. The molecule has 3 aromatic carbocycles. The Kier molecular flexibility index (Phi) is 9.29. The van der Waals surface area contributed by atoms with Crippen molar-refractivity contribution in [3.8, 4) is 0 Å². The molecule has 1 aliphatic heterocycles. The highest BCUT2D eigenvalue weighted by Crippen LogP contribution is 2.37. The Hall–Kier alpha value is -2.86. The summed E-state index contributed by atoms with van der Waals surface area (Å²) < 4.78 is 27.2. The molecule has 1 aliphatic rings. The fourth-order valence-electron chi connectivity index (χ4n) is 4.71. The maximum absolute atomic E-state index is 13.0. The average Bonchev–Trinajstić information content (AvgIpc) is 2.86. The van der Waals surface area contributed by atoms with E-state index >= 15 is 0 Å². The summed E-state index contributed by atoms with van der Waals surface area (Å²) in [7, 11) is -3.80. The van der Waals surface area contributed by atoms with Crippen LogP contribution in [-0.2, 0) is 14.8 Å². The van der Waals surface area contributed by atoms with E-state index in [4.69, 9.17) is 40.5 Å². The van der Waals surface area contributed by atoms with Crippen LogP contribution in [0.4, 0.5) is 5.69 Å². The Morgan fingerprint density at radius 1 is 0.975 bits per heavy atom. The summed E-state index contributed by atoms with van der Waals surface area (Å²) in [6, 6.07) is 17.1. The number of likely N-dealkylation sites (tertiary alicyclic amines) is 1. The molecule has 9 nitrogen and oxygen atoms in total. The van der Waals surface area contributed by atoms with Gasteiger partial charge in [0.2, 0.25) is 15.9 Å². The van der Waals surface area contributed by atoms with Crippen molar-refractivity contribution in [1.29, 1.82) is 0 Å². The van der Waals surface area contributed by atoms with Crippen LogP contribution in [0.25, 0.3) is 0 Å². The maximum atomic E-state index is 13.0. The second-order valence-electron chi connectivity index (χ2n) is 9.48. The van der Waals surface area contributed by atoms with Gasteiger partial charge in [0.05, 0.1) is 30.6 Å². The third kappa shape index (κ3) is 6.88. The van der Waals surface area contributed by atoms with Gasteiger partial charge in [-0.2, -0.15) is 0 Å². The molecule has 0 aromatic heterocycles. The molecule has 13 heteroatoms. The Labute approximate surface area is 247 Å². The number of nitrogens with one attached hydrogen (secondary N) is 1. The van der Waals surface area contributed by atoms with Gasteiger partial charge >= 0.3 is 0 Å². The van der Waals surface area contributed by atoms with Crippen LogP contribution in [0.1, 0.15) is 27.5 Å². The molecule has 40 heavy (non-hydrogen) atoms. The largest absolute Gasteiger partial charge is 0.394 e. The molecule has 3 aromatic rings. The number of amides is 2. The van der Waals surface area contributed by atoms with Gasteiger partial charge in [0.15, 0.2) is 0 Å². The van der Waals surface area contributed by atoms with Crippen molar-refractivity contribution in [1.82, 2.24) is 10.2 Å². The van der Waals surface area contributed by atoms with E-state index in [1.165, 1.54) is 22.5 Å². The number of carbonyl (C=O) groups excluding carboxylic acids is 2. The van der Waals surface area contributed by atoms with Gasteiger partial charge in [-0.1, -0.05) is 59.1 Å². The zero-order valence-electron chi connectivity index (χ0n) is 21.3. The average molecular weight is 626 g/mol. The highest BCUT2D eigenvalue weighted by atomic mass is 35.5. The first-order valence-corrected chi connectivity index (χ1v) is 15.1. The van der Waals surface area contributed by atoms with E-state index in [0.717, 1.165) is 17.4 Å². The second kappa shape index (κ2) is 12.3. The molecule has 1 atom stereocenters. The molecule has 0 bridgehead atoms. The first-order chi connectivity index (χ1) is 18.9. The highest BCUT2D eigenvalue weighted by Gasteiger charge is 2.41. The van der Waals surface area contributed by atoms with E-state index in [1.807, 2.05) is 24.3 Å². The van der Waals surface area contributed by atoms with E-state index in [-0.39, 0.29) is 22.3 Å². The smallest absolute Gasteiger partial charge is 0.252 e. The third-order valence-corrected chi connectivity index (χ3v) is 8.49. The van der Waals surface area contributed by atoms with Crippen molar-refractivity contribution in [3.05, 3.63) is 98.5 Å². The van der Waals surface area contributed by atoms with Crippen LogP contribution in [0.2, 0.25) is 15.1 Å². The molecule has 2 amide bonds. The lowest BCUT2D eigenvalue weighted by Gasteiger charge is -2.48. The minimum atomic E-state index is -3.80. The minimum Gasteiger partial charge on any atom is -0.394 e. The molecule has 0 aliphatic carbocycles. The van der Waals surface area contributed by atoms with E-state index in [9.17, 15) is 23.1 Å². The number of nitrogens with two attached hydrogens (primary N) is 1. The van der Waals surface area contributed by atoms with Crippen LogP contribution in [-0.4, -0.2) is 68.3 Å². The van der Waals surface area contributed by atoms with E-state index in [0.29, 0.717) is 23.1 Å². The molecule has 4 N–H and O–H groups in total. The molecule has 0 saturated carbocycles. The van der Waals surface area contributed by atoms with Gasteiger partial charge in [0, 0.05) is 33.7 Å². The number of sulfonamides is 1. The first-order valence-electron chi connectivity index (χ1n) is 12.1. The quantitative estimate of drug-likeness (QED) is 0.316. The number of carbonyl (C=O) groups is 2. The predicted molar refractivity (Wildman–Crippen MR) is 156 cm³/mol. The Balaban J connectivity index is 1.63. The van der Waals surface area contributed by atoms with Crippen molar-refractivity contribution < 1.29 is 23.1 Å². The number of rotatable bonds is 10. The van der Waals surface area contributed by atoms with Gasteiger partial charge in [-0.15, -0.1) is 0 Å². The molecule has 0 spiro atoms. The Bertz CT molecular complexity index is 1450. The number of aliphatic hydroxyl groups excluding tert-OH is 1. The summed E-state index contributed by atoms with van der Waals surface area (Å²) in [4.78, 5) is 26.3. The molecular formula is C27H27Cl3N4O5S. The van der Waals surface area contributed by atoms with Crippen molar-refractivity contribution in [2.24, 2.45) is 5.73 Å². The molecule has 1 saturated heterocycles. The molecule has 1 heterocycles. The number of primary amides is 1. The zero-order valence-corrected chi connectivity index (χ0v) is 24.4. The molecule has 212 valence electrons. The number of hydrogen-bond acceptors (Lipinski definition) is 6. The van der Waals surface area contributed by atoms with Gasteiger partial charge in [0.1, 0.15) is 6.04 Å². The second-order valence-corrected chi connectivity index (χ2v) is 12.7. The summed E-state index contributed by atoms with van der Waals surface area (Å²) in [5, 5.41) is 13.0. The summed E-state index contributed by atoms with van der Waals surface area (Å²) in [6.45, 7) is 0.0703. The number of benzene rings is 3. The first kappa shape index (κ1) is 30.1. The van der Waals surface area contributed by atoms with Crippen molar-refractivity contribution in [2.45, 2.75) is 18.1 Å². The van der Waals surface area contributed by atoms with E-state index < -0.39 is 40.5 Å².